The molecule has 0 aromatic heterocycles. The first-order valence-electron chi connectivity index (χ1n) is 5.39. The lowest BCUT2D eigenvalue weighted by Gasteiger charge is -2.05. The van der Waals surface area contributed by atoms with E-state index in [1.807, 2.05) is 0 Å². The molecule has 0 radical (unpaired) electrons. The Balaban J connectivity index is 2.10. The van der Waals surface area contributed by atoms with Gasteiger partial charge < -0.3 is 10.4 Å². The maximum absolute atomic E-state index is 13.6. The van der Waals surface area contributed by atoms with Crippen LogP contribution in [-0.2, 0) is 22.4 Å². The summed E-state index contributed by atoms with van der Waals surface area (Å²) in [4.78, 5) is 21.5. The summed E-state index contributed by atoms with van der Waals surface area (Å²) in [7, 11) is 0. The fourth-order valence-electron chi connectivity index (χ4n) is 1.95. The topological polar surface area (TPSA) is 66.4 Å². The van der Waals surface area contributed by atoms with E-state index in [4.69, 9.17) is 5.11 Å². The third-order valence-electron chi connectivity index (χ3n) is 2.70. The van der Waals surface area contributed by atoms with E-state index in [0.29, 0.717) is 18.4 Å². The molecule has 17 heavy (non-hydrogen) atoms. The van der Waals surface area contributed by atoms with E-state index in [0.717, 1.165) is 5.56 Å². The molecular formula is C12H12FNO3. The Morgan fingerprint density at radius 2 is 2.24 bits per heavy atom. The molecule has 1 aliphatic rings. The van der Waals surface area contributed by atoms with Crippen molar-refractivity contribution >= 4 is 17.6 Å². The summed E-state index contributed by atoms with van der Waals surface area (Å²) in [5.41, 5.74) is 1.65. The molecule has 0 unspecified atom stereocenters. The number of aliphatic carboxylic acids is 1. The summed E-state index contributed by atoms with van der Waals surface area (Å²) in [6.07, 6.45) is 1.23. The van der Waals surface area contributed by atoms with Crippen molar-refractivity contribution in [3.8, 4) is 0 Å². The molecule has 0 aliphatic carbocycles. The first-order valence-corrected chi connectivity index (χ1v) is 5.39. The standard InChI is InChI=1S/C12H12FNO3/c13-9-5-7(2-1-3-11(16)17)4-8-6-10(15)14-12(8)9/h4-5H,1-3,6H2,(H,14,15)(H,16,17). The normalized spacial score (nSPS) is 13.4. The van der Waals surface area contributed by atoms with Gasteiger partial charge in [-0.25, -0.2) is 4.39 Å². The van der Waals surface area contributed by atoms with E-state index in [9.17, 15) is 14.0 Å². The predicted octanol–water partition coefficient (Wildman–Crippen LogP) is 1.73. The number of halogens is 1. The number of aryl methyl sites for hydroxylation is 1. The Labute approximate surface area is 97.4 Å². The molecule has 2 N–H and O–H groups in total. The van der Waals surface area contributed by atoms with Gasteiger partial charge in [-0.3, -0.25) is 9.59 Å². The van der Waals surface area contributed by atoms with E-state index >= 15 is 0 Å². The highest BCUT2D eigenvalue weighted by Crippen LogP contribution is 2.28. The minimum absolute atomic E-state index is 0.0654. The maximum Gasteiger partial charge on any atom is 0.303 e. The van der Waals surface area contributed by atoms with Crippen LogP contribution in [0.5, 0.6) is 0 Å². The molecular weight excluding hydrogens is 225 g/mol. The fourth-order valence-corrected chi connectivity index (χ4v) is 1.95. The van der Waals surface area contributed by atoms with E-state index < -0.39 is 11.8 Å². The second kappa shape index (κ2) is 4.53. The second-order valence-electron chi connectivity index (χ2n) is 4.08. The van der Waals surface area contributed by atoms with Gasteiger partial charge in [0.15, 0.2) is 0 Å². The minimum atomic E-state index is -0.858. The number of hydrogen-bond acceptors (Lipinski definition) is 2. The minimum Gasteiger partial charge on any atom is -0.481 e. The maximum atomic E-state index is 13.6. The van der Waals surface area contributed by atoms with Crippen LogP contribution in [0.3, 0.4) is 0 Å². The van der Waals surface area contributed by atoms with Gasteiger partial charge in [0.05, 0.1) is 12.1 Å². The quantitative estimate of drug-likeness (QED) is 0.838. The summed E-state index contributed by atoms with van der Waals surface area (Å²) < 4.78 is 13.6. The van der Waals surface area contributed by atoms with Crippen LogP contribution in [0, 0.1) is 5.82 Å². The van der Waals surface area contributed by atoms with Crippen LogP contribution in [0.1, 0.15) is 24.0 Å². The van der Waals surface area contributed by atoms with Crippen molar-refractivity contribution in [1.29, 1.82) is 0 Å². The van der Waals surface area contributed by atoms with Gasteiger partial charge >= 0.3 is 5.97 Å². The Hall–Kier alpha value is -1.91. The summed E-state index contributed by atoms with van der Waals surface area (Å²) >= 11 is 0. The molecule has 90 valence electrons. The molecule has 0 saturated heterocycles. The van der Waals surface area contributed by atoms with Crippen molar-refractivity contribution in [2.45, 2.75) is 25.7 Å². The fraction of sp³-hybridized carbons (Fsp3) is 0.333. The number of carboxylic acid groups (broad SMARTS) is 1. The first kappa shape index (κ1) is 11.6. The number of amides is 1. The average Bonchev–Trinajstić information content (AvgIpc) is 2.58. The van der Waals surface area contributed by atoms with Crippen LogP contribution in [-0.4, -0.2) is 17.0 Å². The third kappa shape index (κ3) is 2.61. The average molecular weight is 237 g/mol. The van der Waals surface area contributed by atoms with Crippen LogP contribution in [0.25, 0.3) is 0 Å². The van der Waals surface area contributed by atoms with Crippen LogP contribution in [0.4, 0.5) is 10.1 Å². The number of nitrogens with one attached hydrogen (secondary N) is 1. The zero-order chi connectivity index (χ0) is 12.4. The summed E-state index contributed by atoms with van der Waals surface area (Å²) in [5.74, 6) is -1.51. The number of carbonyl (C=O) groups is 2. The van der Waals surface area contributed by atoms with Gasteiger partial charge in [-0.15, -0.1) is 0 Å². The van der Waals surface area contributed by atoms with E-state index in [1.54, 1.807) is 6.07 Å². The largest absolute Gasteiger partial charge is 0.481 e. The summed E-state index contributed by atoms with van der Waals surface area (Å²) in [6, 6.07) is 3.12. The molecule has 4 nitrogen and oxygen atoms in total. The molecule has 1 aromatic carbocycles. The van der Waals surface area contributed by atoms with Crippen molar-refractivity contribution in [2.75, 3.05) is 5.32 Å². The summed E-state index contributed by atoms with van der Waals surface area (Å²) in [6.45, 7) is 0. The van der Waals surface area contributed by atoms with Gasteiger partial charge in [0.2, 0.25) is 5.91 Å². The molecule has 1 aromatic rings. The molecule has 2 rings (SSSR count). The van der Waals surface area contributed by atoms with Gasteiger partial charge in [0.25, 0.3) is 0 Å². The molecule has 0 saturated carbocycles. The number of rotatable bonds is 4. The Kier molecular flexibility index (Phi) is 3.08. The van der Waals surface area contributed by atoms with Crippen molar-refractivity contribution in [2.24, 2.45) is 0 Å². The van der Waals surface area contributed by atoms with Crippen LogP contribution < -0.4 is 5.32 Å². The molecule has 0 fully saturated rings. The van der Waals surface area contributed by atoms with Crippen molar-refractivity contribution in [3.63, 3.8) is 0 Å². The summed E-state index contributed by atoms with van der Waals surface area (Å²) in [5, 5.41) is 11.0. The molecule has 0 spiro atoms. The molecule has 0 bridgehead atoms. The highest BCUT2D eigenvalue weighted by molar-refractivity contribution is 5.99. The molecule has 0 atom stereocenters. The van der Waals surface area contributed by atoms with Crippen LogP contribution in [0.2, 0.25) is 0 Å². The van der Waals surface area contributed by atoms with Gasteiger partial charge in [-0.2, -0.15) is 0 Å². The van der Waals surface area contributed by atoms with Crippen molar-refractivity contribution in [1.82, 2.24) is 0 Å². The van der Waals surface area contributed by atoms with Crippen LogP contribution >= 0.6 is 0 Å². The first-order chi connectivity index (χ1) is 8.06. The molecule has 5 heteroatoms. The van der Waals surface area contributed by atoms with E-state index in [1.165, 1.54) is 6.07 Å². The molecule has 1 amide bonds. The predicted molar refractivity (Wildman–Crippen MR) is 59.3 cm³/mol. The van der Waals surface area contributed by atoms with Gasteiger partial charge in [-0.1, -0.05) is 6.07 Å². The van der Waals surface area contributed by atoms with Crippen LogP contribution in [0.15, 0.2) is 12.1 Å². The van der Waals surface area contributed by atoms with Gasteiger partial charge in [0, 0.05) is 6.42 Å². The number of carbonyl (C=O) groups excluding carboxylic acids is 1. The molecule has 1 aliphatic heterocycles. The lowest BCUT2D eigenvalue weighted by molar-refractivity contribution is -0.137. The third-order valence-corrected chi connectivity index (χ3v) is 2.70. The van der Waals surface area contributed by atoms with Gasteiger partial charge in [-0.05, 0) is 30.0 Å². The lowest BCUT2D eigenvalue weighted by Crippen LogP contribution is -2.04. The van der Waals surface area contributed by atoms with E-state index in [-0.39, 0.29) is 24.4 Å². The SMILES string of the molecule is O=C(O)CCCc1cc(F)c2c(c1)CC(=O)N2. The van der Waals surface area contributed by atoms with E-state index in [2.05, 4.69) is 5.32 Å². The van der Waals surface area contributed by atoms with Gasteiger partial charge in [0.1, 0.15) is 5.82 Å². The van der Waals surface area contributed by atoms with Crippen molar-refractivity contribution in [3.05, 3.63) is 29.1 Å². The highest BCUT2D eigenvalue weighted by Gasteiger charge is 2.21. The number of carboxylic acids is 1. The smallest absolute Gasteiger partial charge is 0.303 e. The molecule has 1 heterocycles. The number of anilines is 1. The highest BCUT2D eigenvalue weighted by atomic mass is 19.1. The number of benzene rings is 1. The van der Waals surface area contributed by atoms with Crippen molar-refractivity contribution < 1.29 is 19.1 Å². The zero-order valence-corrected chi connectivity index (χ0v) is 9.12. The number of fused-ring (bicyclic) bond motifs is 1. The Morgan fingerprint density at radius 1 is 1.47 bits per heavy atom. The monoisotopic (exact) mass is 237 g/mol. The Morgan fingerprint density at radius 3 is 2.94 bits per heavy atom. The zero-order valence-electron chi connectivity index (χ0n) is 9.12. The number of hydrogen-bond donors (Lipinski definition) is 2. The lowest BCUT2D eigenvalue weighted by atomic mass is 10.0. The second-order valence-corrected chi connectivity index (χ2v) is 4.08. The Bertz CT molecular complexity index is 485.